The van der Waals surface area contributed by atoms with Gasteiger partial charge < -0.3 is 56.2 Å². The van der Waals surface area contributed by atoms with Gasteiger partial charge in [0.15, 0.2) is 0 Å². The molecule has 32 heavy (non-hydrogen) atoms. The summed E-state index contributed by atoms with van der Waals surface area (Å²) in [4.78, 5) is 38.2. The summed E-state index contributed by atoms with van der Waals surface area (Å²) >= 11 is 0. The summed E-state index contributed by atoms with van der Waals surface area (Å²) in [5.74, 6) is 0. The highest BCUT2D eigenvalue weighted by atomic mass is 17.0. The third-order valence-corrected chi connectivity index (χ3v) is 1.36. The van der Waals surface area contributed by atoms with Crippen molar-refractivity contribution in [2.75, 3.05) is 39.6 Å². The smallest absolute Gasteiger partial charge is 0.294 e. The number of hydrogen-bond acceptors (Lipinski definition) is 16. The van der Waals surface area contributed by atoms with Crippen molar-refractivity contribution in [2.45, 2.75) is 18.6 Å². The van der Waals surface area contributed by atoms with Crippen LogP contribution in [-0.4, -0.2) is 124 Å². The fraction of sp³-hybridized carbons (Fsp3) is 1.00. The molecule has 0 aromatic rings. The van der Waals surface area contributed by atoms with E-state index in [1.165, 1.54) is 0 Å². The fourth-order valence-corrected chi connectivity index (χ4v) is 0.440. The lowest BCUT2D eigenvalue weighted by Crippen LogP contribution is -2.21. The molecular weight excluding hydrogens is 468 g/mol. The van der Waals surface area contributed by atoms with E-state index in [2.05, 4.69) is 4.84 Å². The summed E-state index contributed by atoms with van der Waals surface area (Å²) in [7, 11) is 0. The Kier molecular flexibility index (Phi) is 50.8. The van der Waals surface area contributed by atoms with Crippen molar-refractivity contribution in [2.24, 2.45) is 0 Å². The van der Waals surface area contributed by atoms with Crippen molar-refractivity contribution >= 4 is 0 Å². The average molecular weight is 494 g/mol. The molecule has 23 heteroatoms. The van der Waals surface area contributed by atoms with Crippen molar-refractivity contribution in [3.05, 3.63) is 40.5 Å². The number of aliphatic hydroxyl groups is 7. The molecule has 0 aliphatic rings. The highest BCUT2D eigenvalue weighted by molar-refractivity contribution is 4.48. The molecule has 0 fully saturated rings. The van der Waals surface area contributed by atoms with E-state index in [4.69, 9.17) is 81.7 Å². The van der Waals surface area contributed by atoms with Gasteiger partial charge in [-0.1, -0.05) is 0 Å². The van der Waals surface area contributed by atoms with Crippen LogP contribution < -0.4 is 0 Å². The third-order valence-electron chi connectivity index (χ3n) is 1.36. The summed E-state index contributed by atoms with van der Waals surface area (Å²) < 4.78 is 0. The first kappa shape index (κ1) is 42.6. The Morgan fingerprint density at radius 1 is 0.625 bits per heavy atom. The minimum absolute atomic E-state index is 0.0677. The first-order valence-corrected chi connectivity index (χ1v) is 7.26. The van der Waals surface area contributed by atoms with Gasteiger partial charge in [-0.3, -0.25) is 0 Å². The summed E-state index contributed by atoms with van der Waals surface area (Å²) in [6.45, 7) is -1.60. The lowest BCUT2D eigenvalue weighted by atomic mass is 10.3. The fourth-order valence-electron chi connectivity index (χ4n) is 0.440. The molecule has 2 atom stereocenters. The zero-order valence-electron chi connectivity index (χ0n) is 16.0. The lowest BCUT2D eigenvalue weighted by Gasteiger charge is -2.02. The molecule has 0 saturated carbocycles. The molecule has 0 amide bonds. The van der Waals surface area contributed by atoms with Crippen LogP contribution >= 0.6 is 0 Å². The minimum atomic E-state index is -1.50. The molecule has 0 heterocycles. The van der Waals surface area contributed by atoms with E-state index in [9.17, 15) is 10.1 Å². The monoisotopic (exact) mass is 494 g/mol. The highest BCUT2D eigenvalue weighted by Crippen LogP contribution is 1.85. The second kappa shape index (κ2) is 38.2. The summed E-state index contributed by atoms with van der Waals surface area (Å²) in [5, 5.41) is 106. The van der Waals surface area contributed by atoms with Gasteiger partial charge in [-0.15, -0.1) is 40.5 Å². The second-order valence-electron chi connectivity index (χ2n) is 3.87. The third kappa shape index (κ3) is 191. The van der Waals surface area contributed by atoms with Crippen LogP contribution in [0, 0.1) is 40.5 Å². The van der Waals surface area contributed by atoms with Crippen LogP contribution in [0.4, 0.5) is 0 Å². The Morgan fingerprint density at radius 2 is 0.906 bits per heavy atom. The van der Waals surface area contributed by atoms with Gasteiger partial charge in [-0.25, -0.2) is 0 Å². The van der Waals surface area contributed by atoms with Crippen LogP contribution in [0.2, 0.25) is 0 Å². The van der Waals surface area contributed by atoms with E-state index >= 15 is 0 Å². The van der Waals surface area contributed by atoms with E-state index < -0.39 is 45.8 Å². The van der Waals surface area contributed by atoms with Crippen LogP contribution in [-0.2, 0) is 4.84 Å². The maximum absolute atomic E-state index is 9.41. The minimum Gasteiger partial charge on any atom is -0.396 e. The summed E-state index contributed by atoms with van der Waals surface area (Å²) in [6.07, 6.45) is -1.66. The van der Waals surface area contributed by atoms with Crippen molar-refractivity contribution in [1.29, 1.82) is 0 Å². The average Bonchev–Trinajstić information content (AvgIpc) is 2.65. The van der Waals surface area contributed by atoms with Gasteiger partial charge in [-0.2, -0.15) is 0 Å². The summed E-state index contributed by atoms with van der Waals surface area (Å²) in [5.41, 5.74) is 0. The van der Waals surface area contributed by atoms with E-state index in [1.807, 2.05) is 0 Å². The zero-order valence-corrected chi connectivity index (χ0v) is 16.0. The maximum Gasteiger partial charge on any atom is 0.294 e. The van der Waals surface area contributed by atoms with Gasteiger partial charge in [0.25, 0.3) is 20.3 Å². The van der Waals surface area contributed by atoms with Crippen LogP contribution in [0.15, 0.2) is 0 Å². The molecule has 0 bridgehead atoms. The van der Waals surface area contributed by atoms with Crippen LogP contribution in [0.3, 0.4) is 0 Å². The molecule has 0 aliphatic carbocycles. The number of hydrogen-bond donors (Lipinski definition) is 10. The Balaban J connectivity index is -0.0000000661. The molecule has 0 aromatic heterocycles. The molecule has 0 radical (unpaired) electrons. The van der Waals surface area contributed by atoms with Crippen molar-refractivity contribution < 1.29 is 76.6 Å². The van der Waals surface area contributed by atoms with Gasteiger partial charge in [0.05, 0.1) is 32.5 Å². The number of rotatable bonds is 8. The SMILES string of the molecule is O=[N+]([O-])O.O=[N+]([O-])O.O=[N+]([O-])O.O=[N+]([O-])OCC(O)CO.OCCC(O)CO.OCCO. The molecule has 196 valence electrons. The largest absolute Gasteiger partial charge is 0.396 e. The molecule has 10 N–H and O–H groups in total. The van der Waals surface area contributed by atoms with E-state index in [0.717, 1.165) is 0 Å². The van der Waals surface area contributed by atoms with E-state index in [1.54, 1.807) is 0 Å². The predicted molar refractivity (Wildman–Crippen MR) is 91.3 cm³/mol. The topological polar surface area (TPSA) is 384 Å². The Hall–Kier alpha value is -3.48. The Morgan fingerprint density at radius 3 is 1.03 bits per heavy atom. The molecule has 23 nitrogen and oxygen atoms in total. The quantitative estimate of drug-likeness (QED) is 0.112. The lowest BCUT2D eigenvalue weighted by molar-refractivity contribution is -0.759. The number of nitrogens with zero attached hydrogens (tertiary/aromatic N) is 4. The van der Waals surface area contributed by atoms with Gasteiger partial charge >= 0.3 is 0 Å². The molecule has 0 saturated heterocycles. The van der Waals surface area contributed by atoms with Gasteiger partial charge in [0, 0.05) is 6.61 Å². The molecule has 2 unspecified atom stereocenters. The zero-order chi connectivity index (χ0) is 27.1. The van der Waals surface area contributed by atoms with E-state index in [-0.39, 0.29) is 32.8 Å². The van der Waals surface area contributed by atoms with Crippen LogP contribution in [0.1, 0.15) is 6.42 Å². The second-order valence-corrected chi connectivity index (χ2v) is 3.87. The first-order chi connectivity index (χ1) is 14.6. The Labute approximate surface area is 176 Å². The standard InChI is InChI=1S/C4H10O3.C3H7NO5.C2H6O2.3HNO3/c5-2-1-4(7)3-6;5-1-3(6)2-9-4(7)8;3-1-2-4;3*2-1(3)4/h4-7H,1-3H2;3,5-6H,1-2H2;3-4H,1-2H2;3*(H,2,3,4). The first-order valence-electron chi connectivity index (χ1n) is 7.26. The van der Waals surface area contributed by atoms with Crippen molar-refractivity contribution in [3.8, 4) is 0 Å². The van der Waals surface area contributed by atoms with Crippen LogP contribution in [0.25, 0.3) is 0 Å². The highest BCUT2D eigenvalue weighted by Gasteiger charge is 2.03. The van der Waals surface area contributed by atoms with E-state index in [0.29, 0.717) is 0 Å². The molecule has 0 spiro atoms. The van der Waals surface area contributed by atoms with Crippen LogP contribution in [0.5, 0.6) is 0 Å². The Bertz CT molecular complexity index is 383. The van der Waals surface area contributed by atoms with Gasteiger partial charge in [0.2, 0.25) is 0 Å². The van der Waals surface area contributed by atoms with Crippen molar-refractivity contribution in [1.82, 2.24) is 0 Å². The molecule has 0 rings (SSSR count). The van der Waals surface area contributed by atoms with Gasteiger partial charge in [0.1, 0.15) is 12.7 Å². The number of aliphatic hydroxyl groups excluding tert-OH is 7. The van der Waals surface area contributed by atoms with Crippen molar-refractivity contribution in [3.63, 3.8) is 0 Å². The normalized spacial score (nSPS) is 9.84. The molecular formula is C9H26N4O19. The molecule has 0 aliphatic heterocycles. The maximum atomic E-state index is 9.41. The summed E-state index contributed by atoms with van der Waals surface area (Å²) in [6, 6.07) is 0. The molecule has 0 aromatic carbocycles. The predicted octanol–water partition coefficient (Wildman–Crippen LogP) is -4.80. The van der Waals surface area contributed by atoms with Gasteiger partial charge in [-0.05, 0) is 6.42 Å².